The molecule has 3 aliphatic carbocycles. The number of rotatable bonds is 1. The van der Waals surface area contributed by atoms with E-state index in [2.05, 4.69) is 15.9 Å². The van der Waals surface area contributed by atoms with Crippen molar-refractivity contribution in [2.45, 2.75) is 18.3 Å². The Morgan fingerprint density at radius 2 is 1.60 bits per heavy atom. The standard InChI is InChI=1S/C20H14BrNO3/c21-10-4-3-5-11(8-10)22-19(24)17-14-9-15(23)16(18(17)20(22)25)13-7-2-1-6-12(13)14/h1-8,14,16-18H,9H2/t14-,16+,17+,18+/m1/s1. The number of ketones is 1. The van der Waals surface area contributed by atoms with Crippen molar-refractivity contribution in [1.82, 2.24) is 0 Å². The summed E-state index contributed by atoms with van der Waals surface area (Å²) in [5, 5.41) is 0. The second-order valence-corrected chi connectivity index (χ2v) is 7.84. The minimum absolute atomic E-state index is 0.0854. The monoisotopic (exact) mass is 395 g/mol. The van der Waals surface area contributed by atoms with Crippen molar-refractivity contribution < 1.29 is 14.4 Å². The van der Waals surface area contributed by atoms with E-state index in [1.54, 1.807) is 18.2 Å². The summed E-state index contributed by atoms with van der Waals surface area (Å²) in [6.07, 6.45) is 0.355. The Labute approximate surface area is 153 Å². The molecule has 1 saturated carbocycles. The van der Waals surface area contributed by atoms with Gasteiger partial charge < -0.3 is 0 Å². The van der Waals surface area contributed by atoms with Crippen LogP contribution in [0.5, 0.6) is 0 Å². The van der Waals surface area contributed by atoms with Gasteiger partial charge in [-0.1, -0.05) is 46.3 Å². The van der Waals surface area contributed by atoms with Crippen molar-refractivity contribution in [1.29, 1.82) is 0 Å². The van der Waals surface area contributed by atoms with Gasteiger partial charge in [-0.25, -0.2) is 4.90 Å². The molecule has 4 aliphatic rings. The molecule has 6 rings (SSSR count). The molecule has 0 aromatic heterocycles. The third-order valence-electron chi connectivity index (χ3n) is 5.76. The molecule has 5 heteroatoms. The normalized spacial score (nSPS) is 29.8. The van der Waals surface area contributed by atoms with Gasteiger partial charge >= 0.3 is 0 Å². The van der Waals surface area contributed by atoms with Crippen LogP contribution in [-0.4, -0.2) is 17.6 Å². The Morgan fingerprint density at radius 3 is 2.36 bits per heavy atom. The second-order valence-electron chi connectivity index (χ2n) is 6.93. The van der Waals surface area contributed by atoms with E-state index >= 15 is 0 Å². The number of anilines is 1. The number of carbonyl (C=O) groups excluding carboxylic acids is 3. The highest BCUT2D eigenvalue weighted by Gasteiger charge is 2.62. The van der Waals surface area contributed by atoms with Crippen LogP contribution in [0.4, 0.5) is 5.69 Å². The molecule has 124 valence electrons. The van der Waals surface area contributed by atoms with E-state index in [-0.39, 0.29) is 23.5 Å². The molecule has 25 heavy (non-hydrogen) atoms. The zero-order chi connectivity index (χ0) is 17.3. The first-order valence-corrected chi connectivity index (χ1v) is 9.12. The molecule has 2 aromatic rings. The number of hydrogen-bond acceptors (Lipinski definition) is 3. The molecular formula is C20H14BrNO3. The largest absolute Gasteiger partial charge is 0.299 e. The van der Waals surface area contributed by atoms with Gasteiger partial charge in [0.1, 0.15) is 5.78 Å². The first-order valence-electron chi connectivity index (χ1n) is 8.33. The summed E-state index contributed by atoms with van der Waals surface area (Å²) in [7, 11) is 0. The van der Waals surface area contributed by atoms with E-state index in [4.69, 9.17) is 0 Å². The van der Waals surface area contributed by atoms with Crippen molar-refractivity contribution in [3.8, 4) is 0 Å². The number of Topliss-reactive ketones (excluding diaryl/α,β-unsaturated/α-hetero) is 1. The minimum atomic E-state index is -0.562. The lowest BCUT2D eigenvalue weighted by atomic mass is 9.56. The third-order valence-corrected chi connectivity index (χ3v) is 6.25. The van der Waals surface area contributed by atoms with Crippen LogP contribution in [0, 0.1) is 11.8 Å². The molecule has 2 aromatic carbocycles. The van der Waals surface area contributed by atoms with Gasteiger partial charge in [-0.15, -0.1) is 0 Å². The topological polar surface area (TPSA) is 54.5 Å². The minimum Gasteiger partial charge on any atom is -0.299 e. The summed E-state index contributed by atoms with van der Waals surface area (Å²) in [5.74, 6) is -2.00. The number of imide groups is 1. The van der Waals surface area contributed by atoms with E-state index < -0.39 is 17.8 Å². The predicted octanol–water partition coefficient (Wildman–Crippen LogP) is 3.41. The zero-order valence-corrected chi connectivity index (χ0v) is 14.8. The van der Waals surface area contributed by atoms with Gasteiger partial charge in [0.05, 0.1) is 23.4 Å². The van der Waals surface area contributed by atoms with E-state index in [0.717, 1.165) is 15.6 Å². The van der Waals surface area contributed by atoms with Gasteiger partial charge in [0, 0.05) is 16.8 Å². The molecular weight excluding hydrogens is 382 g/mol. The lowest BCUT2D eigenvalue weighted by molar-refractivity contribution is -0.134. The Balaban J connectivity index is 1.66. The summed E-state index contributed by atoms with van der Waals surface area (Å²) in [6, 6.07) is 14.9. The fourth-order valence-corrected chi connectivity index (χ4v) is 5.22. The van der Waals surface area contributed by atoms with Gasteiger partial charge in [-0.3, -0.25) is 14.4 Å². The fraction of sp³-hybridized carbons (Fsp3) is 0.250. The van der Waals surface area contributed by atoms with Crippen LogP contribution in [-0.2, 0) is 14.4 Å². The molecule has 2 amide bonds. The molecule has 1 aliphatic heterocycles. The van der Waals surface area contributed by atoms with Crippen LogP contribution in [0.2, 0.25) is 0 Å². The summed E-state index contributed by atoms with van der Waals surface area (Å²) < 4.78 is 0.808. The zero-order valence-electron chi connectivity index (χ0n) is 13.2. The van der Waals surface area contributed by atoms with Crippen molar-refractivity contribution in [3.63, 3.8) is 0 Å². The van der Waals surface area contributed by atoms with Crippen molar-refractivity contribution in [2.75, 3.05) is 4.90 Å². The Kier molecular flexibility index (Phi) is 3.07. The van der Waals surface area contributed by atoms with Crippen molar-refractivity contribution >= 4 is 39.2 Å². The van der Waals surface area contributed by atoms with Gasteiger partial charge in [0.15, 0.2) is 0 Å². The third kappa shape index (κ3) is 1.90. The van der Waals surface area contributed by atoms with Crippen molar-refractivity contribution in [3.05, 3.63) is 64.1 Å². The van der Waals surface area contributed by atoms with Crippen LogP contribution in [0.1, 0.15) is 29.4 Å². The van der Waals surface area contributed by atoms with Crippen LogP contribution in [0.25, 0.3) is 0 Å². The molecule has 4 atom stereocenters. The lowest BCUT2D eigenvalue weighted by Crippen LogP contribution is -2.44. The van der Waals surface area contributed by atoms with Gasteiger partial charge in [-0.2, -0.15) is 0 Å². The number of nitrogens with zero attached hydrogens (tertiary/aromatic N) is 1. The lowest BCUT2D eigenvalue weighted by Gasteiger charge is -2.43. The molecule has 0 radical (unpaired) electrons. The fourth-order valence-electron chi connectivity index (χ4n) is 4.83. The average molecular weight is 396 g/mol. The average Bonchev–Trinajstić information content (AvgIpc) is 2.87. The highest BCUT2D eigenvalue weighted by Crippen LogP contribution is 2.57. The number of fused-ring (bicyclic) bond motifs is 1. The molecule has 0 spiro atoms. The van der Waals surface area contributed by atoms with Crippen LogP contribution in [0.3, 0.4) is 0 Å². The van der Waals surface area contributed by atoms with Crippen LogP contribution < -0.4 is 4.90 Å². The summed E-state index contributed by atoms with van der Waals surface area (Å²) in [5.41, 5.74) is 2.56. The quantitative estimate of drug-likeness (QED) is 0.695. The molecule has 0 N–H and O–H groups in total. The molecule has 2 bridgehead atoms. The Hall–Kier alpha value is -2.27. The number of amides is 2. The van der Waals surface area contributed by atoms with Gasteiger partial charge in [-0.05, 0) is 29.3 Å². The first kappa shape index (κ1) is 15.0. The Bertz CT molecular complexity index is 953. The second kappa shape index (κ2) is 5.11. The summed E-state index contributed by atoms with van der Waals surface area (Å²) >= 11 is 3.39. The highest BCUT2D eigenvalue weighted by atomic mass is 79.9. The molecule has 1 heterocycles. The SMILES string of the molecule is O=C1C[C@@H]2c3ccccc3[C@@H]1[C@@H]1C(=O)N(c3cccc(Br)c3)C(=O)[C@H]12. The van der Waals surface area contributed by atoms with Crippen molar-refractivity contribution in [2.24, 2.45) is 11.8 Å². The molecule has 2 fully saturated rings. The molecule has 4 nitrogen and oxygen atoms in total. The number of halogens is 1. The highest BCUT2D eigenvalue weighted by molar-refractivity contribution is 9.10. The van der Waals surface area contributed by atoms with E-state index in [0.29, 0.717) is 12.1 Å². The van der Waals surface area contributed by atoms with Crippen LogP contribution >= 0.6 is 15.9 Å². The molecule has 0 unspecified atom stereocenters. The first-order chi connectivity index (χ1) is 12.1. The predicted molar refractivity (Wildman–Crippen MR) is 95.2 cm³/mol. The van der Waals surface area contributed by atoms with E-state index in [9.17, 15) is 14.4 Å². The Morgan fingerprint density at radius 1 is 0.880 bits per heavy atom. The van der Waals surface area contributed by atoms with Gasteiger partial charge in [0.25, 0.3) is 0 Å². The number of hydrogen-bond donors (Lipinski definition) is 0. The van der Waals surface area contributed by atoms with Crippen LogP contribution in [0.15, 0.2) is 53.0 Å². The maximum absolute atomic E-state index is 13.1. The summed E-state index contributed by atoms with van der Waals surface area (Å²) in [6.45, 7) is 0. The molecule has 1 saturated heterocycles. The smallest absolute Gasteiger partial charge is 0.238 e. The van der Waals surface area contributed by atoms with E-state index in [1.165, 1.54) is 4.90 Å². The summed E-state index contributed by atoms with van der Waals surface area (Å²) in [4.78, 5) is 40.2. The maximum Gasteiger partial charge on any atom is 0.238 e. The van der Waals surface area contributed by atoms with E-state index in [1.807, 2.05) is 30.3 Å². The van der Waals surface area contributed by atoms with Gasteiger partial charge in [0.2, 0.25) is 11.8 Å². The maximum atomic E-state index is 13.1. The number of carbonyl (C=O) groups is 3. The number of benzene rings is 2.